The van der Waals surface area contributed by atoms with E-state index in [1.165, 1.54) is 16.8 Å². The lowest BCUT2D eigenvalue weighted by Gasteiger charge is -2.30. The van der Waals surface area contributed by atoms with Gasteiger partial charge in [-0.2, -0.15) is 5.10 Å². The van der Waals surface area contributed by atoms with E-state index >= 15 is 0 Å². The number of anilines is 1. The molecule has 1 fully saturated rings. The Balaban J connectivity index is 1.65. The fraction of sp³-hybridized carbons (Fsp3) is 0.526. The van der Waals surface area contributed by atoms with Crippen LogP contribution in [0, 0.1) is 13.8 Å². The van der Waals surface area contributed by atoms with Crippen molar-refractivity contribution < 1.29 is 9.84 Å². The molecule has 0 radical (unpaired) electrons. The van der Waals surface area contributed by atoms with Crippen molar-refractivity contribution >= 4 is 5.69 Å². The molecule has 3 rings (SSSR count). The average molecular weight is 344 g/mol. The molecule has 6 nitrogen and oxygen atoms in total. The minimum absolute atomic E-state index is 0.113. The highest BCUT2D eigenvalue weighted by Gasteiger charge is 2.15. The first kappa shape index (κ1) is 17.9. The van der Waals surface area contributed by atoms with Crippen molar-refractivity contribution in [1.29, 1.82) is 0 Å². The molecule has 1 aliphatic heterocycles. The van der Waals surface area contributed by atoms with E-state index < -0.39 is 0 Å². The zero-order chi connectivity index (χ0) is 17.6. The number of aromatic nitrogens is 2. The topological polar surface area (TPSA) is 62.5 Å². The van der Waals surface area contributed by atoms with Gasteiger partial charge in [-0.15, -0.1) is 0 Å². The summed E-state index contributed by atoms with van der Waals surface area (Å²) in [4.78, 5) is 2.40. The summed E-state index contributed by atoms with van der Waals surface area (Å²) >= 11 is 0. The number of aliphatic hydroxyl groups excluding tert-OH is 1. The van der Waals surface area contributed by atoms with Crippen molar-refractivity contribution in [2.75, 3.05) is 37.8 Å². The quantitative estimate of drug-likeness (QED) is 0.799. The highest BCUT2D eigenvalue weighted by Crippen LogP contribution is 2.21. The number of ether oxygens (including phenoxy) is 1. The molecule has 1 aromatic carbocycles. The summed E-state index contributed by atoms with van der Waals surface area (Å²) in [6.07, 6.45) is 0. The first-order valence-electron chi connectivity index (χ1n) is 8.95. The third-order valence-corrected chi connectivity index (χ3v) is 4.80. The van der Waals surface area contributed by atoms with Crippen LogP contribution in [0.4, 0.5) is 5.69 Å². The van der Waals surface area contributed by atoms with Crippen LogP contribution in [0.2, 0.25) is 0 Å². The summed E-state index contributed by atoms with van der Waals surface area (Å²) in [5.41, 5.74) is 5.97. The summed E-state index contributed by atoms with van der Waals surface area (Å²) in [6, 6.07) is 8.57. The van der Waals surface area contributed by atoms with Gasteiger partial charge in [-0.1, -0.05) is 18.2 Å². The molecule has 2 aromatic rings. The van der Waals surface area contributed by atoms with Gasteiger partial charge in [0.15, 0.2) is 0 Å². The van der Waals surface area contributed by atoms with Crippen molar-refractivity contribution in [2.24, 2.45) is 0 Å². The second-order valence-corrected chi connectivity index (χ2v) is 6.43. The van der Waals surface area contributed by atoms with Crippen molar-refractivity contribution in [1.82, 2.24) is 15.1 Å². The molecule has 136 valence electrons. The number of benzene rings is 1. The van der Waals surface area contributed by atoms with Crippen LogP contribution >= 0.6 is 0 Å². The van der Waals surface area contributed by atoms with Gasteiger partial charge in [-0.25, -0.2) is 0 Å². The molecule has 0 atom stereocenters. The number of nitrogens with zero attached hydrogens (tertiary/aromatic N) is 3. The molecule has 0 amide bonds. The van der Waals surface area contributed by atoms with Crippen molar-refractivity contribution in [3.63, 3.8) is 0 Å². The number of para-hydroxylation sites is 1. The van der Waals surface area contributed by atoms with E-state index in [0.717, 1.165) is 50.8 Å². The van der Waals surface area contributed by atoms with E-state index in [4.69, 9.17) is 9.84 Å². The van der Waals surface area contributed by atoms with Crippen LogP contribution in [-0.2, 0) is 24.4 Å². The smallest absolute Gasteiger partial charge is 0.0644 e. The van der Waals surface area contributed by atoms with Gasteiger partial charge in [0, 0.05) is 43.1 Å². The molecule has 0 saturated carbocycles. The Kier molecular flexibility index (Phi) is 6.07. The Morgan fingerprint density at radius 2 is 1.92 bits per heavy atom. The van der Waals surface area contributed by atoms with Gasteiger partial charge in [-0.3, -0.25) is 4.68 Å². The summed E-state index contributed by atoms with van der Waals surface area (Å²) in [5, 5.41) is 17.2. The van der Waals surface area contributed by atoms with Crippen LogP contribution in [0.25, 0.3) is 0 Å². The highest BCUT2D eigenvalue weighted by atomic mass is 16.5. The van der Waals surface area contributed by atoms with Crippen molar-refractivity contribution in [2.45, 2.75) is 33.5 Å². The summed E-state index contributed by atoms with van der Waals surface area (Å²) in [5.74, 6) is 0. The maximum Gasteiger partial charge on any atom is 0.0644 e. The van der Waals surface area contributed by atoms with Gasteiger partial charge in [0.05, 0.1) is 32.1 Å². The summed E-state index contributed by atoms with van der Waals surface area (Å²) in [7, 11) is 0. The molecule has 0 bridgehead atoms. The monoisotopic (exact) mass is 344 g/mol. The third-order valence-electron chi connectivity index (χ3n) is 4.80. The van der Waals surface area contributed by atoms with E-state index in [1.807, 2.05) is 11.6 Å². The average Bonchev–Trinajstić information content (AvgIpc) is 2.91. The Morgan fingerprint density at radius 1 is 1.16 bits per heavy atom. The molecule has 1 aliphatic rings. The lowest BCUT2D eigenvalue weighted by molar-refractivity contribution is 0.122. The predicted molar refractivity (Wildman–Crippen MR) is 98.8 cm³/mol. The second-order valence-electron chi connectivity index (χ2n) is 6.43. The van der Waals surface area contributed by atoms with Crippen molar-refractivity contribution in [3.05, 3.63) is 46.8 Å². The fourth-order valence-electron chi connectivity index (χ4n) is 3.40. The van der Waals surface area contributed by atoms with Gasteiger partial charge in [0.1, 0.15) is 0 Å². The standard InChI is InChI=1S/C19H28N4O2/c1-15-18(16(2)23(21-15)7-10-24)14-20-13-17-5-3-4-6-19(17)22-8-11-25-12-9-22/h3-6,20,24H,7-14H2,1-2H3. The molecule has 0 spiro atoms. The van der Waals surface area contributed by atoms with Crippen LogP contribution in [0.15, 0.2) is 24.3 Å². The Hall–Kier alpha value is -1.89. The first-order chi connectivity index (χ1) is 12.2. The lowest BCUT2D eigenvalue weighted by atomic mass is 10.1. The Bertz CT molecular complexity index is 693. The molecular weight excluding hydrogens is 316 g/mol. The molecule has 2 N–H and O–H groups in total. The van der Waals surface area contributed by atoms with Gasteiger partial charge in [0.2, 0.25) is 0 Å². The van der Waals surface area contributed by atoms with Gasteiger partial charge in [0.25, 0.3) is 0 Å². The van der Waals surface area contributed by atoms with Gasteiger partial charge in [-0.05, 0) is 25.5 Å². The number of aryl methyl sites for hydroxylation is 1. The number of aliphatic hydroxyl groups is 1. The summed E-state index contributed by atoms with van der Waals surface area (Å²) in [6.45, 7) is 9.83. The maximum absolute atomic E-state index is 9.13. The Labute approximate surface area is 149 Å². The maximum atomic E-state index is 9.13. The van der Waals surface area contributed by atoms with Crippen molar-refractivity contribution in [3.8, 4) is 0 Å². The molecule has 0 aliphatic carbocycles. The van der Waals surface area contributed by atoms with E-state index in [-0.39, 0.29) is 6.61 Å². The minimum atomic E-state index is 0.113. The normalized spacial score (nSPS) is 14.9. The van der Waals surface area contributed by atoms with Crippen LogP contribution in [0.5, 0.6) is 0 Å². The van der Waals surface area contributed by atoms with E-state index in [0.29, 0.717) is 6.54 Å². The molecule has 25 heavy (non-hydrogen) atoms. The summed E-state index contributed by atoms with van der Waals surface area (Å²) < 4.78 is 7.35. The third kappa shape index (κ3) is 4.21. The number of hydrogen-bond donors (Lipinski definition) is 2. The molecule has 6 heteroatoms. The van der Waals surface area contributed by atoms with E-state index in [2.05, 4.69) is 46.5 Å². The number of hydrogen-bond acceptors (Lipinski definition) is 5. The minimum Gasteiger partial charge on any atom is -0.394 e. The van der Waals surface area contributed by atoms with Crippen LogP contribution in [0.3, 0.4) is 0 Å². The largest absolute Gasteiger partial charge is 0.394 e. The second kappa shape index (κ2) is 8.47. The van der Waals surface area contributed by atoms with Gasteiger partial charge >= 0.3 is 0 Å². The first-order valence-corrected chi connectivity index (χ1v) is 8.95. The molecule has 0 unspecified atom stereocenters. The van der Waals surface area contributed by atoms with Gasteiger partial charge < -0.3 is 20.1 Å². The molecule has 1 aromatic heterocycles. The fourth-order valence-corrected chi connectivity index (χ4v) is 3.40. The SMILES string of the molecule is Cc1nn(CCO)c(C)c1CNCc1ccccc1N1CCOCC1. The predicted octanol–water partition coefficient (Wildman–Crippen LogP) is 1.62. The molecule has 1 saturated heterocycles. The Morgan fingerprint density at radius 3 is 2.68 bits per heavy atom. The van der Waals surface area contributed by atoms with Crippen LogP contribution in [0.1, 0.15) is 22.5 Å². The zero-order valence-electron chi connectivity index (χ0n) is 15.2. The highest BCUT2D eigenvalue weighted by molar-refractivity contribution is 5.53. The number of nitrogens with one attached hydrogen (secondary N) is 1. The lowest BCUT2D eigenvalue weighted by Crippen LogP contribution is -2.37. The molecular formula is C19H28N4O2. The van der Waals surface area contributed by atoms with E-state index in [1.54, 1.807) is 0 Å². The molecule has 2 heterocycles. The van der Waals surface area contributed by atoms with Crippen LogP contribution < -0.4 is 10.2 Å². The zero-order valence-corrected chi connectivity index (χ0v) is 15.2. The number of rotatable bonds is 7. The van der Waals surface area contributed by atoms with E-state index in [9.17, 15) is 0 Å². The number of morpholine rings is 1. The van der Waals surface area contributed by atoms with Crippen LogP contribution in [-0.4, -0.2) is 47.8 Å².